The maximum absolute atomic E-state index is 5.81. The summed E-state index contributed by atoms with van der Waals surface area (Å²) in [7, 11) is 0. The van der Waals surface area contributed by atoms with Crippen molar-refractivity contribution >= 4 is 23.0 Å². The molecule has 1 aromatic rings. The highest BCUT2D eigenvalue weighted by atomic mass is 32.1. The third-order valence-electron chi connectivity index (χ3n) is 3.59. The van der Waals surface area contributed by atoms with E-state index in [-0.39, 0.29) is 12.1 Å². The molecule has 2 unspecified atom stereocenters. The lowest BCUT2D eigenvalue weighted by Crippen LogP contribution is -2.32. The van der Waals surface area contributed by atoms with Gasteiger partial charge in [0, 0.05) is 6.61 Å². The lowest BCUT2D eigenvalue weighted by Gasteiger charge is -2.22. The predicted molar refractivity (Wildman–Crippen MR) is 79.5 cm³/mol. The van der Waals surface area contributed by atoms with Crippen LogP contribution in [0.1, 0.15) is 36.6 Å². The van der Waals surface area contributed by atoms with Gasteiger partial charge in [-0.15, -0.1) is 5.10 Å². The average molecular weight is 280 g/mol. The summed E-state index contributed by atoms with van der Waals surface area (Å²) in [6, 6.07) is 0.159. The zero-order valence-corrected chi connectivity index (χ0v) is 12.4. The second-order valence-corrected chi connectivity index (χ2v) is 5.42. The van der Waals surface area contributed by atoms with Gasteiger partial charge in [0.05, 0.1) is 23.4 Å². The molecule has 3 N–H and O–H groups in total. The van der Waals surface area contributed by atoms with Crippen molar-refractivity contribution in [2.45, 2.75) is 45.8 Å². The van der Waals surface area contributed by atoms with E-state index in [1.165, 1.54) is 0 Å². The van der Waals surface area contributed by atoms with Crippen molar-refractivity contribution in [3.05, 3.63) is 16.8 Å². The Hall–Kier alpha value is -1.27. The number of aromatic nitrogens is 2. The van der Waals surface area contributed by atoms with Crippen LogP contribution in [0, 0.1) is 13.8 Å². The summed E-state index contributed by atoms with van der Waals surface area (Å²) in [6.07, 6.45) is 2.38. The van der Waals surface area contributed by atoms with Crippen molar-refractivity contribution in [1.29, 1.82) is 0 Å². The van der Waals surface area contributed by atoms with Gasteiger partial charge in [-0.3, -0.25) is 0 Å². The van der Waals surface area contributed by atoms with Crippen LogP contribution in [0.5, 0.6) is 0 Å². The zero-order chi connectivity index (χ0) is 14.0. The SMILES string of the molecule is Cc1nnc(NC(C)C2CCCO2)c(C(N)=S)c1C. The number of hydrogen-bond donors (Lipinski definition) is 2. The molecule has 0 aromatic carbocycles. The van der Waals surface area contributed by atoms with Crippen LogP contribution >= 0.6 is 12.2 Å². The van der Waals surface area contributed by atoms with Crippen molar-refractivity contribution in [1.82, 2.24) is 10.2 Å². The molecule has 1 saturated heterocycles. The van der Waals surface area contributed by atoms with Crippen LogP contribution in [0.4, 0.5) is 5.82 Å². The number of nitrogens with zero attached hydrogens (tertiary/aromatic N) is 2. The van der Waals surface area contributed by atoms with Crippen LogP contribution in [0.3, 0.4) is 0 Å². The van der Waals surface area contributed by atoms with Crippen LogP contribution in [-0.2, 0) is 4.74 Å². The largest absolute Gasteiger partial charge is 0.389 e. The fourth-order valence-corrected chi connectivity index (χ4v) is 2.57. The minimum absolute atomic E-state index is 0.159. The molecule has 1 fully saturated rings. The number of thiocarbonyl (C=S) groups is 1. The average Bonchev–Trinajstić information content (AvgIpc) is 2.87. The molecule has 0 radical (unpaired) electrons. The van der Waals surface area contributed by atoms with Gasteiger partial charge in [-0.1, -0.05) is 12.2 Å². The monoisotopic (exact) mass is 280 g/mol. The van der Waals surface area contributed by atoms with Crippen molar-refractivity contribution in [2.24, 2.45) is 5.73 Å². The molecule has 0 saturated carbocycles. The van der Waals surface area contributed by atoms with Crippen LogP contribution in [-0.4, -0.2) is 33.9 Å². The molecule has 1 aliphatic heterocycles. The molecular formula is C13H20N4OS. The lowest BCUT2D eigenvalue weighted by molar-refractivity contribution is 0.0995. The molecule has 0 bridgehead atoms. The molecule has 1 aliphatic rings. The van der Waals surface area contributed by atoms with Crippen molar-refractivity contribution < 1.29 is 4.74 Å². The molecule has 0 aliphatic carbocycles. The summed E-state index contributed by atoms with van der Waals surface area (Å²) in [5.41, 5.74) is 8.41. The second-order valence-electron chi connectivity index (χ2n) is 4.98. The Morgan fingerprint density at radius 2 is 2.21 bits per heavy atom. The van der Waals surface area contributed by atoms with E-state index in [1.54, 1.807) is 0 Å². The highest BCUT2D eigenvalue weighted by Gasteiger charge is 2.24. The number of aryl methyl sites for hydroxylation is 1. The van der Waals surface area contributed by atoms with Gasteiger partial charge in [-0.05, 0) is 39.2 Å². The Bertz CT molecular complexity index is 486. The summed E-state index contributed by atoms with van der Waals surface area (Å²) < 4.78 is 5.67. The number of nitrogens with one attached hydrogen (secondary N) is 1. The van der Waals surface area contributed by atoms with E-state index in [0.29, 0.717) is 10.8 Å². The standard InChI is InChI=1S/C13H20N4OS/c1-7-8(2)16-17-13(11(7)12(14)19)15-9(3)10-5-4-6-18-10/h9-10H,4-6H2,1-3H3,(H2,14,19)(H,15,17). The summed E-state index contributed by atoms with van der Waals surface area (Å²) >= 11 is 5.12. The van der Waals surface area contributed by atoms with Gasteiger partial charge in [0.15, 0.2) is 5.82 Å². The van der Waals surface area contributed by atoms with Gasteiger partial charge < -0.3 is 15.8 Å². The zero-order valence-electron chi connectivity index (χ0n) is 11.6. The molecule has 0 spiro atoms. The first kappa shape index (κ1) is 14.1. The first-order valence-electron chi connectivity index (χ1n) is 6.52. The van der Waals surface area contributed by atoms with E-state index in [1.807, 2.05) is 13.8 Å². The van der Waals surface area contributed by atoms with Gasteiger partial charge in [0.1, 0.15) is 4.99 Å². The maximum atomic E-state index is 5.81. The Morgan fingerprint density at radius 3 is 2.79 bits per heavy atom. The van der Waals surface area contributed by atoms with Crippen molar-refractivity contribution in [2.75, 3.05) is 11.9 Å². The summed E-state index contributed by atoms with van der Waals surface area (Å²) in [5.74, 6) is 0.651. The van der Waals surface area contributed by atoms with Gasteiger partial charge in [0.25, 0.3) is 0 Å². The Balaban J connectivity index is 2.24. The Labute approximate surface area is 118 Å². The predicted octanol–water partition coefficient (Wildman–Crippen LogP) is 1.71. The highest BCUT2D eigenvalue weighted by molar-refractivity contribution is 7.80. The van der Waals surface area contributed by atoms with Crippen LogP contribution < -0.4 is 11.1 Å². The van der Waals surface area contributed by atoms with E-state index in [2.05, 4.69) is 22.4 Å². The molecule has 104 valence electrons. The molecule has 2 heterocycles. The van der Waals surface area contributed by atoms with E-state index < -0.39 is 0 Å². The second kappa shape index (κ2) is 5.79. The molecule has 6 heteroatoms. The number of nitrogens with two attached hydrogens (primary N) is 1. The van der Waals surface area contributed by atoms with E-state index in [4.69, 9.17) is 22.7 Å². The molecule has 0 amide bonds. The van der Waals surface area contributed by atoms with Crippen molar-refractivity contribution in [3.63, 3.8) is 0 Å². The van der Waals surface area contributed by atoms with Gasteiger partial charge >= 0.3 is 0 Å². The van der Waals surface area contributed by atoms with Crippen molar-refractivity contribution in [3.8, 4) is 0 Å². The fraction of sp³-hybridized carbons (Fsp3) is 0.615. The molecule has 2 atom stereocenters. The normalized spacial score (nSPS) is 20.3. The van der Waals surface area contributed by atoms with Crippen LogP contribution in [0.15, 0.2) is 0 Å². The third kappa shape index (κ3) is 3.01. The molecule has 5 nitrogen and oxygen atoms in total. The topological polar surface area (TPSA) is 73.1 Å². The molecule has 2 rings (SSSR count). The minimum atomic E-state index is 0.159. The quantitative estimate of drug-likeness (QED) is 0.818. The molecule has 1 aromatic heterocycles. The maximum Gasteiger partial charge on any atom is 0.159 e. The van der Waals surface area contributed by atoms with E-state index in [9.17, 15) is 0 Å². The Morgan fingerprint density at radius 1 is 1.47 bits per heavy atom. The Kier molecular flexibility index (Phi) is 4.31. The number of rotatable bonds is 4. The fourth-order valence-electron chi connectivity index (χ4n) is 2.32. The summed E-state index contributed by atoms with van der Waals surface area (Å²) in [5, 5.41) is 11.7. The minimum Gasteiger partial charge on any atom is -0.389 e. The van der Waals surface area contributed by atoms with E-state index >= 15 is 0 Å². The molecule has 19 heavy (non-hydrogen) atoms. The summed E-state index contributed by atoms with van der Waals surface area (Å²) in [4.78, 5) is 0.345. The van der Waals surface area contributed by atoms with Gasteiger partial charge in [-0.2, -0.15) is 5.10 Å². The van der Waals surface area contributed by atoms with E-state index in [0.717, 1.165) is 36.3 Å². The lowest BCUT2D eigenvalue weighted by atomic mass is 10.1. The smallest absolute Gasteiger partial charge is 0.159 e. The highest BCUT2D eigenvalue weighted by Crippen LogP contribution is 2.22. The third-order valence-corrected chi connectivity index (χ3v) is 3.79. The number of ether oxygens (including phenoxy) is 1. The van der Waals surface area contributed by atoms with Crippen LogP contribution in [0.2, 0.25) is 0 Å². The molecular weight excluding hydrogens is 260 g/mol. The first-order valence-corrected chi connectivity index (χ1v) is 6.93. The number of hydrogen-bond acceptors (Lipinski definition) is 5. The first-order chi connectivity index (χ1) is 9.00. The van der Waals surface area contributed by atoms with Gasteiger partial charge in [0.2, 0.25) is 0 Å². The van der Waals surface area contributed by atoms with Gasteiger partial charge in [-0.25, -0.2) is 0 Å². The number of anilines is 1. The summed E-state index contributed by atoms with van der Waals surface area (Å²) in [6.45, 7) is 6.77. The van der Waals surface area contributed by atoms with Crippen LogP contribution in [0.25, 0.3) is 0 Å².